The van der Waals surface area contributed by atoms with E-state index in [-0.39, 0.29) is 11.5 Å². The van der Waals surface area contributed by atoms with E-state index in [0.29, 0.717) is 6.54 Å². The van der Waals surface area contributed by atoms with Crippen molar-refractivity contribution in [2.75, 3.05) is 26.2 Å². The van der Waals surface area contributed by atoms with Crippen molar-refractivity contribution >= 4 is 12.5 Å². The van der Waals surface area contributed by atoms with Crippen molar-refractivity contribution in [1.82, 2.24) is 9.80 Å². The standard InChI is InChI=1S/C13H22N2O3/c1-12(2,3)18-11(17)15-7-5-13(9-15)4-6-14(8-13)10-16/h10H,4-9H2,1-3H3. The van der Waals surface area contributed by atoms with Crippen molar-refractivity contribution in [3.05, 3.63) is 0 Å². The van der Waals surface area contributed by atoms with Gasteiger partial charge in [0.2, 0.25) is 6.41 Å². The molecule has 2 saturated heterocycles. The predicted octanol–water partition coefficient (Wildman–Crippen LogP) is 1.48. The zero-order valence-corrected chi connectivity index (χ0v) is 11.4. The van der Waals surface area contributed by atoms with Gasteiger partial charge in [0.1, 0.15) is 5.60 Å². The molecule has 0 N–H and O–H groups in total. The van der Waals surface area contributed by atoms with Gasteiger partial charge in [-0.2, -0.15) is 0 Å². The Morgan fingerprint density at radius 1 is 1.22 bits per heavy atom. The summed E-state index contributed by atoms with van der Waals surface area (Å²) < 4.78 is 5.38. The minimum Gasteiger partial charge on any atom is -0.444 e. The highest BCUT2D eigenvalue weighted by atomic mass is 16.6. The zero-order valence-electron chi connectivity index (χ0n) is 11.4. The Hall–Kier alpha value is -1.26. The maximum absolute atomic E-state index is 12.0. The molecular formula is C13H22N2O3. The molecule has 2 fully saturated rings. The third-order valence-corrected chi connectivity index (χ3v) is 3.71. The van der Waals surface area contributed by atoms with E-state index in [1.807, 2.05) is 20.8 Å². The fourth-order valence-corrected chi connectivity index (χ4v) is 2.81. The van der Waals surface area contributed by atoms with E-state index in [1.54, 1.807) is 9.80 Å². The van der Waals surface area contributed by atoms with E-state index < -0.39 is 5.60 Å². The van der Waals surface area contributed by atoms with E-state index in [1.165, 1.54) is 0 Å². The van der Waals surface area contributed by atoms with Crippen LogP contribution in [0.1, 0.15) is 33.6 Å². The highest BCUT2D eigenvalue weighted by molar-refractivity contribution is 5.68. The second kappa shape index (κ2) is 4.44. The number of carbonyl (C=O) groups excluding carboxylic acids is 2. The summed E-state index contributed by atoms with van der Waals surface area (Å²) in [6, 6.07) is 0. The molecule has 5 nitrogen and oxygen atoms in total. The third-order valence-electron chi connectivity index (χ3n) is 3.71. The van der Waals surface area contributed by atoms with Gasteiger partial charge < -0.3 is 14.5 Å². The zero-order chi connectivity index (χ0) is 13.4. The van der Waals surface area contributed by atoms with E-state index in [9.17, 15) is 9.59 Å². The molecule has 0 aromatic carbocycles. The number of nitrogens with zero attached hydrogens (tertiary/aromatic N) is 2. The predicted molar refractivity (Wildman–Crippen MR) is 67.1 cm³/mol. The van der Waals surface area contributed by atoms with Crippen molar-refractivity contribution in [2.24, 2.45) is 5.41 Å². The van der Waals surface area contributed by atoms with Gasteiger partial charge in [-0.25, -0.2) is 4.79 Å². The number of rotatable bonds is 1. The van der Waals surface area contributed by atoms with Gasteiger partial charge in [-0.3, -0.25) is 4.79 Å². The molecule has 1 unspecified atom stereocenters. The van der Waals surface area contributed by atoms with Crippen LogP contribution in [-0.2, 0) is 9.53 Å². The number of hydrogen-bond acceptors (Lipinski definition) is 3. The van der Waals surface area contributed by atoms with Crippen molar-refractivity contribution in [3.63, 3.8) is 0 Å². The number of hydrogen-bond donors (Lipinski definition) is 0. The van der Waals surface area contributed by atoms with Crippen LogP contribution < -0.4 is 0 Å². The van der Waals surface area contributed by atoms with Crippen LogP contribution >= 0.6 is 0 Å². The molecule has 0 aliphatic carbocycles. The molecule has 2 heterocycles. The first-order valence-electron chi connectivity index (χ1n) is 6.51. The summed E-state index contributed by atoms with van der Waals surface area (Å²) in [5.41, 5.74) is -0.338. The van der Waals surface area contributed by atoms with Crippen LogP contribution in [0.25, 0.3) is 0 Å². The van der Waals surface area contributed by atoms with Gasteiger partial charge in [0, 0.05) is 31.6 Å². The molecule has 2 aliphatic heterocycles. The Bertz CT molecular complexity index is 351. The van der Waals surface area contributed by atoms with Crippen molar-refractivity contribution < 1.29 is 14.3 Å². The second-order valence-corrected chi connectivity index (χ2v) is 6.48. The van der Waals surface area contributed by atoms with Gasteiger partial charge in [0.25, 0.3) is 0 Å². The van der Waals surface area contributed by atoms with Crippen LogP contribution in [0.2, 0.25) is 0 Å². The molecule has 0 bridgehead atoms. The van der Waals surface area contributed by atoms with Crippen molar-refractivity contribution in [2.45, 2.75) is 39.2 Å². The summed E-state index contributed by atoms with van der Waals surface area (Å²) in [5.74, 6) is 0. The summed E-state index contributed by atoms with van der Waals surface area (Å²) in [5, 5.41) is 0. The lowest BCUT2D eigenvalue weighted by Gasteiger charge is -2.26. The molecule has 2 aliphatic rings. The van der Waals surface area contributed by atoms with Crippen molar-refractivity contribution in [3.8, 4) is 0 Å². The highest BCUT2D eigenvalue weighted by Gasteiger charge is 2.45. The van der Waals surface area contributed by atoms with Crippen LogP contribution in [0.15, 0.2) is 0 Å². The molecule has 2 amide bonds. The van der Waals surface area contributed by atoms with Gasteiger partial charge >= 0.3 is 6.09 Å². The summed E-state index contributed by atoms with van der Waals surface area (Å²) >= 11 is 0. The summed E-state index contributed by atoms with van der Waals surface area (Å²) in [4.78, 5) is 26.3. The van der Waals surface area contributed by atoms with Crippen LogP contribution in [0, 0.1) is 5.41 Å². The molecule has 0 aromatic rings. The lowest BCUT2D eigenvalue weighted by molar-refractivity contribution is -0.117. The van der Waals surface area contributed by atoms with Gasteiger partial charge in [0.15, 0.2) is 0 Å². The molecule has 0 radical (unpaired) electrons. The Kier molecular flexibility index (Phi) is 3.25. The third kappa shape index (κ3) is 2.76. The smallest absolute Gasteiger partial charge is 0.410 e. The topological polar surface area (TPSA) is 49.9 Å². The van der Waals surface area contributed by atoms with Gasteiger partial charge in [-0.15, -0.1) is 0 Å². The largest absolute Gasteiger partial charge is 0.444 e. The maximum atomic E-state index is 12.0. The Balaban J connectivity index is 1.92. The molecule has 1 atom stereocenters. The monoisotopic (exact) mass is 254 g/mol. The number of likely N-dealkylation sites (tertiary alicyclic amines) is 2. The van der Waals surface area contributed by atoms with E-state index >= 15 is 0 Å². The van der Waals surface area contributed by atoms with Crippen LogP contribution in [0.3, 0.4) is 0 Å². The Morgan fingerprint density at radius 2 is 1.89 bits per heavy atom. The minimum absolute atomic E-state index is 0.109. The van der Waals surface area contributed by atoms with Crippen LogP contribution in [0.5, 0.6) is 0 Å². The molecule has 102 valence electrons. The van der Waals surface area contributed by atoms with Crippen LogP contribution in [0.4, 0.5) is 4.79 Å². The lowest BCUT2D eigenvalue weighted by Crippen LogP contribution is -2.37. The molecule has 2 rings (SSSR count). The highest BCUT2D eigenvalue weighted by Crippen LogP contribution is 2.39. The first-order valence-corrected chi connectivity index (χ1v) is 6.51. The minimum atomic E-state index is -0.447. The van der Waals surface area contributed by atoms with E-state index in [0.717, 1.165) is 38.9 Å². The lowest BCUT2D eigenvalue weighted by atomic mass is 9.86. The Morgan fingerprint density at radius 3 is 2.44 bits per heavy atom. The number of amides is 2. The van der Waals surface area contributed by atoms with Gasteiger partial charge in [-0.1, -0.05) is 0 Å². The Labute approximate surface area is 108 Å². The fourth-order valence-electron chi connectivity index (χ4n) is 2.81. The summed E-state index contributed by atoms with van der Waals surface area (Å²) in [6.45, 7) is 8.66. The summed E-state index contributed by atoms with van der Waals surface area (Å²) in [7, 11) is 0. The molecule has 1 spiro atoms. The summed E-state index contributed by atoms with van der Waals surface area (Å²) in [6.07, 6.45) is 2.64. The van der Waals surface area contributed by atoms with Gasteiger partial charge in [-0.05, 0) is 33.6 Å². The van der Waals surface area contributed by atoms with Crippen LogP contribution in [-0.4, -0.2) is 54.1 Å². The van der Waals surface area contributed by atoms with Gasteiger partial charge in [0.05, 0.1) is 0 Å². The maximum Gasteiger partial charge on any atom is 0.410 e. The molecule has 0 aromatic heterocycles. The molecular weight excluding hydrogens is 232 g/mol. The quantitative estimate of drug-likeness (QED) is 0.666. The fraction of sp³-hybridized carbons (Fsp3) is 0.846. The first-order chi connectivity index (χ1) is 8.34. The molecule has 0 saturated carbocycles. The molecule has 18 heavy (non-hydrogen) atoms. The first kappa shape index (κ1) is 13.2. The van der Waals surface area contributed by atoms with E-state index in [2.05, 4.69) is 0 Å². The normalized spacial score (nSPS) is 27.9. The number of ether oxygens (including phenoxy) is 1. The average Bonchev–Trinajstić information content (AvgIpc) is 2.84. The van der Waals surface area contributed by atoms with Crippen molar-refractivity contribution in [1.29, 1.82) is 0 Å². The molecule has 5 heteroatoms. The second-order valence-electron chi connectivity index (χ2n) is 6.48. The average molecular weight is 254 g/mol. The van der Waals surface area contributed by atoms with E-state index in [4.69, 9.17) is 4.74 Å². The SMILES string of the molecule is CC(C)(C)OC(=O)N1CCC2(CCN(C=O)C2)C1. The number of carbonyl (C=O) groups is 2.